The van der Waals surface area contributed by atoms with E-state index in [-0.39, 0.29) is 0 Å². The highest BCUT2D eigenvalue weighted by molar-refractivity contribution is 9.08. The van der Waals surface area contributed by atoms with Crippen LogP contribution in [0.15, 0.2) is 48.5 Å². The van der Waals surface area contributed by atoms with E-state index in [4.69, 9.17) is 5.11 Å². The van der Waals surface area contributed by atoms with Crippen molar-refractivity contribution in [2.24, 2.45) is 0 Å². The van der Waals surface area contributed by atoms with Gasteiger partial charge in [0.15, 0.2) is 0 Å². The Bertz CT molecular complexity index is 704. The molecule has 3 rings (SSSR count). The molecule has 108 valence electrons. The summed E-state index contributed by atoms with van der Waals surface area (Å²) >= 11 is 5.01. The minimum atomic E-state index is -0.883. The summed E-state index contributed by atoms with van der Waals surface area (Å²) in [6.45, 7) is 2.03. The van der Waals surface area contributed by atoms with Gasteiger partial charge in [0.25, 0.3) is 0 Å². The van der Waals surface area contributed by atoms with Gasteiger partial charge in [-0.25, -0.2) is 9.78 Å². The minimum absolute atomic E-state index is 0.328. The predicted molar refractivity (Wildman–Crippen MR) is 90.4 cm³/mol. The van der Waals surface area contributed by atoms with Gasteiger partial charge in [0, 0.05) is 5.33 Å². The average Bonchev–Trinajstić information content (AvgIpc) is 2.88. The number of hydrogen-bond acceptors (Lipinski definition) is 3. The maximum atomic E-state index is 10.4. The van der Waals surface area contributed by atoms with Crippen molar-refractivity contribution in [3.63, 3.8) is 0 Å². The Hall–Kier alpha value is -1.72. The molecule has 0 spiro atoms. The zero-order chi connectivity index (χ0) is 15.2. The normalized spacial score (nSPS) is 10.0. The summed E-state index contributed by atoms with van der Waals surface area (Å²) in [6, 6.07) is 15.0. The smallest absolute Gasteiger partial charge is 0.335 e. The van der Waals surface area contributed by atoms with Crippen molar-refractivity contribution in [1.82, 2.24) is 4.98 Å². The number of para-hydroxylation sites is 1. The molecular formula is C16H14BrNO2S. The van der Waals surface area contributed by atoms with Gasteiger partial charge in [0.2, 0.25) is 0 Å². The fraction of sp³-hybridized carbons (Fsp3) is 0.125. The molecule has 0 atom stereocenters. The molecule has 0 unspecified atom stereocenters. The Morgan fingerprint density at radius 1 is 1.19 bits per heavy atom. The van der Waals surface area contributed by atoms with Gasteiger partial charge in [-0.15, -0.1) is 11.3 Å². The van der Waals surface area contributed by atoms with Crippen LogP contribution in [0.4, 0.5) is 0 Å². The van der Waals surface area contributed by atoms with Crippen LogP contribution in [-0.2, 0) is 5.33 Å². The summed E-state index contributed by atoms with van der Waals surface area (Å²) in [4.78, 5) is 14.7. The summed E-state index contributed by atoms with van der Waals surface area (Å²) < 4.78 is 1.28. The maximum Gasteiger partial charge on any atom is 0.335 e. The first-order chi connectivity index (χ1) is 10.1. The Labute approximate surface area is 135 Å². The molecule has 0 aliphatic rings. The second-order valence-corrected chi connectivity index (χ2v) is 6.13. The average molecular weight is 364 g/mol. The van der Waals surface area contributed by atoms with E-state index in [1.807, 2.05) is 25.1 Å². The van der Waals surface area contributed by atoms with Gasteiger partial charge in [-0.3, -0.25) is 0 Å². The van der Waals surface area contributed by atoms with Gasteiger partial charge in [-0.05, 0) is 36.8 Å². The van der Waals surface area contributed by atoms with Crippen LogP contribution >= 0.6 is 27.3 Å². The van der Waals surface area contributed by atoms with Gasteiger partial charge in [-0.2, -0.15) is 0 Å². The number of carboxylic acid groups (broad SMARTS) is 1. The van der Waals surface area contributed by atoms with E-state index in [2.05, 4.69) is 27.0 Å². The topological polar surface area (TPSA) is 50.2 Å². The molecule has 3 aromatic rings. The van der Waals surface area contributed by atoms with Crippen LogP contribution < -0.4 is 0 Å². The molecule has 0 saturated carbocycles. The molecule has 0 saturated heterocycles. The zero-order valence-corrected chi connectivity index (χ0v) is 13.8. The lowest BCUT2D eigenvalue weighted by molar-refractivity contribution is 0.0697. The van der Waals surface area contributed by atoms with Crippen molar-refractivity contribution in [3.05, 3.63) is 64.7 Å². The van der Waals surface area contributed by atoms with Crippen LogP contribution in [0.2, 0.25) is 0 Å². The Morgan fingerprint density at radius 3 is 2.43 bits per heavy atom. The van der Waals surface area contributed by atoms with E-state index in [1.165, 1.54) is 4.70 Å². The standard InChI is InChI=1S/C8H7BrO2.C8H7NS/c9-5-6-1-3-7(4-2-6)8(10)11;1-6-9-7-4-2-3-5-8(7)10-6/h1-4H,5H2,(H,10,11);2-5H,1H3. The molecular weight excluding hydrogens is 350 g/mol. The number of alkyl halides is 1. The molecule has 1 N–H and O–H groups in total. The van der Waals surface area contributed by atoms with Crippen molar-refractivity contribution >= 4 is 43.5 Å². The van der Waals surface area contributed by atoms with E-state index < -0.39 is 5.97 Å². The van der Waals surface area contributed by atoms with Crippen molar-refractivity contribution in [2.75, 3.05) is 0 Å². The first kappa shape index (κ1) is 15.7. The number of carbonyl (C=O) groups is 1. The number of halogens is 1. The summed E-state index contributed by atoms with van der Waals surface area (Å²) in [6.07, 6.45) is 0. The number of aromatic nitrogens is 1. The molecule has 3 nitrogen and oxygen atoms in total. The number of aryl methyl sites for hydroxylation is 1. The quantitative estimate of drug-likeness (QED) is 0.659. The van der Waals surface area contributed by atoms with E-state index in [1.54, 1.807) is 35.6 Å². The van der Waals surface area contributed by atoms with Gasteiger partial charge >= 0.3 is 5.97 Å². The molecule has 21 heavy (non-hydrogen) atoms. The van der Waals surface area contributed by atoms with E-state index in [0.717, 1.165) is 21.4 Å². The second-order valence-electron chi connectivity index (χ2n) is 4.34. The summed E-state index contributed by atoms with van der Waals surface area (Å²) in [5.74, 6) is -0.883. The predicted octanol–water partition coefficient (Wildman–Crippen LogP) is 4.88. The highest BCUT2D eigenvalue weighted by Gasteiger charge is 2.00. The maximum absolute atomic E-state index is 10.4. The van der Waals surface area contributed by atoms with Crippen LogP contribution in [0, 0.1) is 6.92 Å². The number of thiazole rings is 1. The summed E-state index contributed by atoms with van der Waals surface area (Å²) in [5, 5.41) is 10.4. The second kappa shape index (κ2) is 7.33. The minimum Gasteiger partial charge on any atom is -0.478 e. The number of aromatic carboxylic acids is 1. The van der Waals surface area contributed by atoms with E-state index in [0.29, 0.717) is 5.56 Å². The number of rotatable bonds is 2. The van der Waals surface area contributed by atoms with Crippen molar-refractivity contribution in [2.45, 2.75) is 12.3 Å². The number of benzene rings is 2. The monoisotopic (exact) mass is 363 g/mol. The lowest BCUT2D eigenvalue weighted by atomic mass is 10.2. The summed E-state index contributed by atoms with van der Waals surface area (Å²) in [5.41, 5.74) is 2.52. The third kappa shape index (κ3) is 4.37. The van der Waals surface area contributed by atoms with Crippen LogP contribution in [-0.4, -0.2) is 16.1 Å². The molecule has 0 fully saturated rings. The summed E-state index contributed by atoms with van der Waals surface area (Å²) in [7, 11) is 0. The fourth-order valence-electron chi connectivity index (χ4n) is 1.72. The Kier molecular flexibility index (Phi) is 5.47. The van der Waals surface area contributed by atoms with Gasteiger partial charge in [-0.1, -0.05) is 40.2 Å². The fourth-order valence-corrected chi connectivity index (χ4v) is 2.92. The molecule has 0 aliphatic carbocycles. The van der Waals surface area contributed by atoms with Crippen molar-refractivity contribution < 1.29 is 9.90 Å². The van der Waals surface area contributed by atoms with Gasteiger partial charge in [0.05, 0.1) is 20.8 Å². The van der Waals surface area contributed by atoms with E-state index >= 15 is 0 Å². The largest absolute Gasteiger partial charge is 0.478 e. The van der Waals surface area contributed by atoms with Gasteiger partial charge < -0.3 is 5.11 Å². The zero-order valence-electron chi connectivity index (χ0n) is 11.4. The highest BCUT2D eigenvalue weighted by Crippen LogP contribution is 2.19. The van der Waals surface area contributed by atoms with Crippen LogP contribution in [0.25, 0.3) is 10.2 Å². The molecule has 1 heterocycles. The highest BCUT2D eigenvalue weighted by atomic mass is 79.9. The number of hydrogen-bond donors (Lipinski definition) is 1. The van der Waals surface area contributed by atoms with E-state index in [9.17, 15) is 4.79 Å². The number of nitrogens with zero attached hydrogens (tertiary/aromatic N) is 1. The Morgan fingerprint density at radius 2 is 1.86 bits per heavy atom. The molecule has 2 aromatic carbocycles. The van der Waals surface area contributed by atoms with Crippen LogP contribution in [0.1, 0.15) is 20.9 Å². The molecule has 5 heteroatoms. The molecule has 0 aliphatic heterocycles. The first-order valence-corrected chi connectivity index (χ1v) is 8.24. The third-order valence-electron chi connectivity index (χ3n) is 2.76. The SMILES string of the molecule is Cc1nc2ccccc2s1.O=C(O)c1ccc(CBr)cc1. The van der Waals surface area contributed by atoms with Crippen LogP contribution in [0.3, 0.4) is 0 Å². The number of fused-ring (bicyclic) bond motifs is 1. The molecule has 0 radical (unpaired) electrons. The molecule has 0 amide bonds. The Balaban J connectivity index is 0.000000154. The molecule has 1 aromatic heterocycles. The van der Waals surface area contributed by atoms with Crippen molar-refractivity contribution in [1.29, 1.82) is 0 Å². The number of carboxylic acids is 1. The lowest BCUT2D eigenvalue weighted by Gasteiger charge is -1.95. The van der Waals surface area contributed by atoms with Crippen LogP contribution in [0.5, 0.6) is 0 Å². The lowest BCUT2D eigenvalue weighted by Crippen LogP contribution is -1.95. The van der Waals surface area contributed by atoms with Crippen molar-refractivity contribution in [3.8, 4) is 0 Å². The molecule has 0 bridgehead atoms. The van der Waals surface area contributed by atoms with Gasteiger partial charge in [0.1, 0.15) is 0 Å². The first-order valence-electron chi connectivity index (χ1n) is 6.30. The third-order valence-corrected chi connectivity index (χ3v) is 4.36.